The summed E-state index contributed by atoms with van der Waals surface area (Å²) in [5.74, 6) is -1.60. The van der Waals surface area contributed by atoms with E-state index in [0.29, 0.717) is 12.0 Å². The predicted octanol–water partition coefficient (Wildman–Crippen LogP) is 4.02. The number of rotatable bonds is 5. The third-order valence-electron chi connectivity index (χ3n) is 3.01. The number of hydrogen-bond donors (Lipinski definition) is 1. The molecule has 0 spiro atoms. The van der Waals surface area contributed by atoms with E-state index >= 15 is 0 Å². The lowest BCUT2D eigenvalue weighted by Crippen LogP contribution is -2.24. The van der Waals surface area contributed by atoms with Crippen LogP contribution in [0.5, 0.6) is 0 Å². The molecule has 0 fully saturated rings. The van der Waals surface area contributed by atoms with Crippen LogP contribution in [-0.2, 0) is 6.42 Å². The Hall–Kier alpha value is -1.33. The largest absolute Gasteiger partial charge is 0.309 e. The average Bonchev–Trinajstić information content (AvgIpc) is 2.44. The minimum absolute atomic E-state index is 0.149. The van der Waals surface area contributed by atoms with Crippen LogP contribution in [0.15, 0.2) is 41.0 Å². The first-order chi connectivity index (χ1) is 9.61. The lowest BCUT2D eigenvalue weighted by atomic mass is 10.0. The summed E-state index contributed by atoms with van der Waals surface area (Å²) in [6.07, 6.45) is 2.05. The molecule has 0 aliphatic carbocycles. The molecule has 0 amide bonds. The zero-order valence-corrected chi connectivity index (χ0v) is 12.6. The van der Waals surface area contributed by atoms with Gasteiger partial charge >= 0.3 is 0 Å². The van der Waals surface area contributed by atoms with Crippen LogP contribution in [0.1, 0.15) is 24.2 Å². The molecule has 1 N–H and O–H groups in total. The third-order valence-corrected chi connectivity index (χ3v) is 3.48. The van der Waals surface area contributed by atoms with Crippen LogP contribution in [0.4, 0.5) is 8.78 Å². The van der Waals surface area contributed by atoms with Gasteiger partial charge in [-0.3, -0.25) is 4.98 Å². The number of benzene rings is 1. The number of nitrogens with one attached hydrogen (secondary N) is 1. The Morgan fingerprint density at radius 2 is 2.05 bits per heavy atom. The standard InChI is InChI=1S/C15H15BrF2N2/c1-2-19-14(13-7-6-11(16)9-20-13)8-10-4-3-5-12(17)15(10)18/h3-7,9,14,19H,2,8H2,1H3. The Kier molecular flexibility index (Phi) is 5.20. The van der Waals surface area contributed by atoms with Gasteiger partial charge < -0.3 is 5.32 Å². The van der Waals surface area contributed by atoms with E-state index in [2.05, 4.69) is 26.2 Å². The van der Waals surface area contributed by atoms with Gasteiger partial charge in [0.25, 0.3) is 0 Å². The summed E-state index contributed by atoms with van der Waals surface area (Å²) < 4.78 is 27.9. The molecule has 2 nitrogen and oxygen atoms in total. The van der Waals surface area contributed by atoms with Crippen LogP contribution in [-0.4, -0.2) is 11.5 Å². The highest BCUT2D eigenvalue weighted by Crippen LogP contribution is 2.21. The second kappa shape index (κ2) is 6.90. The Bertz CT molecular complexity index is 573. The van der Waals surface area contributed by atoms with E-state index in [9.17, 15) is 8.78 Å². The van der Waals surface area contributed by atoms with Crippen LogP contribution in [0.3, 0.4) is 0 Å². The van der Waals surface area contributed by atoms with Gasteiger partial charge in [0.2, 0.25) is 0 Å². The fourth-order valence-electron chi connectivity index (χ4n) is 2.05. The van der Waals surface area contributed by atoms with Gasteiger partial charge in [-0.25, -0.2) is 8.78 Å². The molecule has 0 bridgehead atoms. The fourth-order valence-corrected chi connectivity index (χ4v) is 2.28. The van der Waals surface area contributed by atoms with E-state index in [-0.39, 0.29) is 6.04 Å². The van der Waals surface area contributed by atoms with E-state index < -0.39 is 11.6 Å². The van der Waals surface area contributed by atoms with Gasteiger partial charge in [-0.1, -0.05) is 19.1 Å². The summed E-state index contributed by atoms with van der Waals surface area (Å²) in [7, 11) is 0. The summed E-state index contributed by atoms with van der Waals surface area (Å²) in [6.45, 7) is 2.69. The van der Waals surface area contributed by atoms with Crippen LogP contribution in [0.25, 0.3) is 0 Å². The maximum atomic E-state index is 13.8. The highest BCUT2D eigenvalue weighted by Gasteiger charge is 2.16. The van der Waals surface area contributed by atoms with Crippen molar-refractivity contribution in [2.45, 2.75) is 19.4 Å². The quantitative estimate of drug-likeness (QED) is 0.889. The molecule has 106 valence electrons. The summed E-state index contributed by atoms with van der Waals surface area (Å²) in [4.78, 5) is 4.32. The molecule has 1 aromatic heterocycles. The smallest absolute Gasteiger partial charge is 0.162 e. The SMILES string of the molecule is CCNC(Cc1cccc(F)c1F)c1ccc(Br)cn1. The van der Waals surface area contributed by atoms with Gasteiger partial charge in [0.1, 0.15) is 0 Å². The second-order valence-electron chi connectivity index (χ2n) is 4.43. The topological polar surface area (TPSA) is 24.9 Å². The van der Waals surface area contributed by atoms with E-state index in [1.807, 2.05) is 19.1 Å². The number of halogens is 3. The van der Waals surface area contributed by atoms with Crippen molar-refractivity contribution in [3.05, 3.63) is 63.9 Å². The molecule has 20 heavy (non-hydrogen) atoms. The highest BCUT2D eigenvalue weighted by molar-refractivity contribution is 9.10. The lowest BCUT2D eigenvalue weighted by Gasteiger charge is -2.18. The molecule has 0 aliphatic rings. The van der Waals surface area contributed by atoms with Crippen molar-refractivity contribution in [3.63, 3.8) is 0 Å². The molecule has 0 saturated heterocycles. The lowest BCUT2D eigenvalue weighted by molar-refractivity contribution is 0.478. The first kappa shape index (κ1) is 15.1. The number of nitrogens with zero attached hydrogens (tertiary/aromatic N) is 1. The summed E-state index contributed by atoms with van der Waals surface area (Å²) >= 11 is 3.33. The number of hydrogen-bond acceptors (Lipinski definition) is 2. The Balaban J connectivity index is 2.25. The van der Waals surface area contributed by atoms with Crippen molar-refractivity contribution in [3.8, 4) is 0 Å². The second-order valence-corrected chi connectivity index (χ2v) is 5.34. The summed E-state index contributed by atoms with van der Waals surface area (Å²) in [6, 6.07) is 7.85. The fraction of sp³-hybridized carbons (Fsp3) is 0.267. The van der Waals surface area contributed by atoms with Crippen molar-refractivity contribution in [1.82, 2.24) is 10.3 Å². The van der Waals surface area contributed by atoms with E-state index in [1.165, 1.54) is 6.07 Å². The highest BCUT2D eigenvalue weighted by atomic mass is 79.9. The molecule has 1 atom stereocenters. The summed E-state index contributed by atoms with van der Waals surface area (Å²) in [5.41, 5.74) is 1.15. The third kappa shape index (κ3) is 3.61. The molecule has 0 radical (unpaired) electrons. The van der Waals surface area contributed by atoms with E-state index in [0.717, 1.165) is 22.8 Å². The zero-order valence-electron chi connectivity index (χ0n) is 11.0. The molecule has 1 heterocycles. The number of pyridine rings is 1. The van der Waals surface area contributed by atoms with Crippen molar-refractivity contribution < 1.29 is 8.78 Å². The van der Waals surface area contributed by atoms with E-state index in [1.54, 1.807) is 12.3 Å². The molecule has 2 aromatic rings. The normalized spacial score (nSPS) is 12.4. The van der Waals surface area contributed by atoms with Gasteiger partial charge in [-0.2, -0.15) is 0 Å². The first-order valence-corrected chi connectivity index (χ1v) is 7.18. The Labute approximate surface area is 125 Å². The monoisotopic (exact) mass is 340 g/mol. The molecular weight excluding hydrogens is 326 g/mol. The zero-order chi connectivity index (χ0) is 14.5. The van der Waals surface area contributed by atoms with Crippen LogP contribution >= 0.6 is 15.9 Å². The maximum absolute atomic E-state index is 13.8. The van der Waals surface area contributed by atoms with Crippen molar-refractivity contribution in [2.75, 3.05) is 6.54 Å². The van der Waals surface area contributed by atoms with Crippen molar-refractivity contribution in [1.29, 1.82) is 0 Å². The van der Waals surface area contributed by atoms with Gasteiger partial charge in [-0.15, -0.1) is 0 Å². The van der Waals surface area contributed by atoms with Crippen LogP contribution in [0, 0.1) is 11.6 Å². The van der Waals surface area contributed by atoms with E-state index in [4.69, 9.17) is 0 Å². The summed E-state index contributed by atoms with van der Waals surface area (Å²) in [5, 5.41) is 3.25. The maximum Gasteiger partial charge on any atom is 0.162 e. The van der Waals surface area contributed by atoms with Crippen molar-refractivity contribution >= 4 is 15.9 Å². The van der Waals surface area contributed by atoms with Gasteiger partial charge in [0, 0.05) is 10.7 Å². The molecule has 1 aromatic carbocycles. The molecule has 1 unspecified atom stereocenters. The van der Waals surface area contributed by atoms with Gasteiger partial charge in [0.15, 0.2) is 11.6 Å². The molecule has 2 rings (SSSR count). The first-order valence-electron chi connectivity index (χ1n) is 6.39. The van der Waals surface area contributed by atoms with Crippen LogP contribution in [0.2, 0.25) is 0 Å². The predicted molar refractivity (Wildman–Crippen MR) is 78.4 cm³/mol. The van der Waals surface area contributed by atoms with Gasteiger partial charge in [0.05, 0.1) is 11.7 Å². The average molecular weight is 341 g/mol. The molecule has 0 saturated carbocycles. The Morgan fingerprint density at radius 1 is 1.25 bits per heavy atom. The minimum Gasteiger partial charge on any atom is -0.309 e. The molecular formula is C15H15BrF2N2. The Morgan fingerprint density at radius 3 is 2.70 bits per heavy atom. The van der Waals surface area contributed by atoms with Crippen LogP contribution < -0.4 is 5.32 Å². The van der Waals surface area contributed by atoms with Gasteiger partial charge in [-0.05, 0) is 52.7 Å². The molecule has 5 heteroatoms. The number of likely N-dealkylation sites (N-methyl/N-ethyl adjacent to an activating group) is 1. The minimum atomic E-state index is -0.818. The number of aromatic nitrogens is 1. The van der Waals surface area contributed by atoms with Crippen molar-refractivity contribution in [2.24, 2.45) is 0 Å². The molecule has 0 aliphatic heterocycles.